The van der Waals surface area contributed by atoms with Crippen LogP contribution in [0.4, 0.5) is 0 Å². The summed E-state index contributed by atoms with van der Waals surface area (Å²) in [5, 5.41) is 2.59. The fourth-order valence-corrected chi connectivity index (χ4v) is 1.68. The minimum absolute atomic E-state index is 0.235. The second kappa shape index (κ2) is 6.72. The van der Waals surface area contributed by atoms with Gasteiger partial charge >= 0.3 is 5.97 Å². The van der Waals surface area contributed by atoms with E-state index < -0.39 is 17.9 Å². The number of methoxy groups -OCH3 is 1. The second-order valence-electron chi connectivity index (χ2n) is 4.62. The number of nitrogens with one attached hydrogen (secondary N) is 2. The summed E-state index contributed by atoms with van der Waals surface area (Å²) in [5.74, 6) is -0.688. The van der Waals surface area contributed by atoms with Crippen LogP contribution in [0.1, 0.15) is 41.2 Å². The van der Waals surface area contributed by atoms with Gasteiger partial charge in [0.1, 0.15) is 11.7 Å². The van der Waals surface area contributed by atoms with Crippen LogP contribution in [-0.2, 0) is 9.53 Å². The van der Waals surface area contributed by atoms with Crippen LogP contribution in [0.3, 0.4) is 0 Å². The zero-order chi connectivity index (χ0) is 14.4. The van der Waals surface area contributed by atoms with Gasteiger partial charge in [0.2, 0.25) is 0 Å². The Hall–Kier alpha value is -2.11. The van der Waals surface area contributed by atoms with E-state index in [0.29, 0.717) is 18.4 Å². The molecule has 6 nitrogen and oxygen atoms in total. The predicted octanol–water partition coefficient (Wildman–Crippen LogP) is 1.14. The van der Waals surface area contributed by atoms with E-state index >= 15 is 0 Å². The summed E-state index contributed by atoms with van der Waals surface area (Å²) in [7, 11) is 1.28. The quantitative estimate of drug-likeness (QED) is 0.597. The van der Waals surface area contributed by atoms with Gasteiger partial charge in [0.15, 0.2) is 6.29 Å². The summed E-state index contributed by atoms with van der Waals surface area (Å²) < 4.78 is 4.66. The molecule has 0 saturated heterocycles. The van der Waals surface area contributed by atoms with E-state index in [1.807, 2.05) is 13.8 Å². The highest BCUT2D eigenvalue weighted by Crippen LogP contribution is 2.08. The number of carbonyl (C=O) groups is 3. The van der Waals surface area contributed by atoms with E-state index in [1.165, 1.54) is 19.2 Å². The molecule has 1 aromatic rings. The van der Waals surface area contributed by atoms with Crippen molar-refractivity contribution in [2.75, 3.05) is 7.11 Å². The summed E-state index contributed by atoms with van der Waals surface area (Å²) in [6.07, 6.45) is 1.10. The average molecular weight is 266 g/mol. The third kappa shape index (κ3) is 4.24. The van der Waals surface area contributed by atoms with Crippen LogP contribution in [0, 0.1) is 5.92 Å². The number of rotatable bonds is 6. The number of aldehydes is 1. The molecule has 19 heavy (non-hydrogen) atoms. The van der Waals surface area contributed by atoms with E-state index in [2.05, 4.69) is 15.0 Å². The van der Waals surface area contributed by atoms with Gasteiger partial charge in [-0.3, -0.25) is 9.59 Å². The number of carbonyl (C=O) groups excluding carboxylic acids is 3. The Kier molecular flexibility index (Phi) is 5.29. The number of esters is 1. The van der Waals surface area contributed by atoms with Crippen molar-refractivity contribution in [3.63, 3.8) is 0 Å². The molecular weight excluding hydrogens is 248 g/mol. The third-order valence-corrected chi connectivity index (χ3v) is 2.58. The molecule has 0 spiro atoms. The largest absolute Gasteiger partial charge is 0.467 e. The molecule has 0 fully saturated rings. The van der Waals surface area contributed by atoms with Gasteiger partial charge in [-0.05, 0) is 24.5 Å². The molecule has 0 aliphatic rings. The van der Waals surface area contributed by atoms with Crippen molar-refractivity contribution in [1.82, 2.24) is 10.3 Å². The van der Waals surface area contributed by atoms with Crippen molar-refractivity contribution in [3.8, 4) is 0 Å². The number of hydrogen-bond donors (Lipinski definition) is 2. The van der Waals surface area contributed by atoms with Crippen LogP contribution in [0.25, 0.3) is 0 Å². The average Bonchev–Trinajstić information content (AvgIpc) is 2.85. The molecule has 0 aliphatic heterocycles. The molecule has 0 unspecified atom stereocenters. The van der Waals surface area contributed by atoms with Gasteiger partial charge < -0.3 is 15.0 Å². The first kappa shape index (κ1) is 14.9. The van der Waals surface area contributed by atoms with Gasteiger partial charge in [-0.25, -0.2) is 4.79 Å². The number of aromatic nitrogens is 1. The molecule has 1 heterocycles. The maximum absolute atomic E-state index is 11.9. The maximum Gasteiger partial charge on any atom is 0.328 e. The van der Waals surface area contributed by atoms with Crippen LogP contribution < -0.4 is 5.32 Å². The monoisotopic (exact) mass is 266 g/mol. The summed E-state index contributed by atoms with van der Waals surface area (Å²) in [4.78, 5) is 36.7. The molecule has 0 saturated carbocycles. The van der Waals surface area contributed by atoms with Crippen LogP contribution in [0.15, 0.2) is 12.1 Å². The number of ether oxygens (including phenoxy) is 1. The molecule has 1 aromatic heterocycles. The van der Waals surface area contributed by atoms with Crippen LogP contribution in [0.2, 0.25) is 0 Å². The van der Waals surface area contributed by atoms with E-state index in [1.54, 1.807) is 0 Å². The van der Waals surface area contributed by atoms with E-state index in [0.717, 1.165) is 0 Å². The maximum atomic E-state index is 11.9. The first-order chi connectivity index (χ1) is 8.97. The lowest BCUT2D eigenvalue weighted by molar-refractivity contribution is -0.143. The van der Waals surface area contributed by atoms with Crippen molar-refractivity contribution in [2.24, 2.45) is 5.92 Å². The number of amides is 1. The Bertz CT molecular complexity index is 465. The van der Waals surface area contributed by atoms with Crippen LogP contribution in [0.5, 0.6) is 0 Å². The molecule has 0 aliphatic carbocycles. The minimum Gasteiger partial charge on any atom is -0.467 e. The lowest BCUT2D eigenvalue weighted by Gasteiger charge is -2.17. The van der Waals surface area contributed by atoms with E-state index in [-0.39, 0.29) is 11.6 Å². The van der Waals surface area contributed by atoms with Gasteiger partial charge in [-0.15, -0.1) is 0 Å². The van der Waals surface area contributed by atoms with Crippen LogP contribution in [-0.4, -0.2) is 36.3 Å². The van der Waals surface area contributed by atoms with Crippen molar-refractivity contribution < 1.29 is 19.1 Å². The normalized spacial score (nSPS) is 12.0. The molecular formula is C13H18N2O4. The summed E-state index contributed by atoms with van der Waals surface area (Å²) >= 11 is 0. The molecule has 6 heteroatoms. The van der Waals surface area contributed by atoms with Gasteiger partial charge in [-0.2, -0.15) is 0 Å². The highest BCUT2D eigenvalue weighted by Gasteiger charge is 2.23. The lowest BCUT2D eigenvalue weighted by atomic mass is 10.0. The number of hydrogen-bond acceptors (Lipinski definition) is 4. The predicted molar refractivity (Wildman–Crippen MR) is 68.9 cm³/mol. The molecule has 0 aromatic carbocycles. The highest BCUT2D eigenvalue weighted by molar-refractivity contribution is 5.96. The molecule has 0 radical (unpaired) electrons. The van der Waals surface area contributed by atoms with Crippen molar-refractivity contribution in [3.05, 3.63) is 23.5 Å². The van der Waals surface area contributed by atoms with Crippen molar-refractivity contribution in [1.29, 1.82) is 0 Å². The Morgan fingerprint density at radius 2 is 2.11 bits per heavy atom. The standard InChI is InChI=1S/C13H18N2O4/c1-8(2)6-11(13(18)19-3)15-12(17)10-5-4-9(7-16)14-10/h4-5,7-8,11,14H,6H2,1-3H3,(H,15,17)/t11-/m0/s1. The van der Waals surface area contributed by atoms with Crippen LogP contribution >= 0.6 is 0 Å². The molecule has 1 atom stereocenters. The smallest absolute Gasteiger partial charge is 0.328 e. The first-order valence-corrected chi connectivity index (χ1v) is 6.00. The number of H-pyrrole nitrogens is 1. The summed E-state index contributed by atoms with van der Waals surface area (Å²) in [6, 6.07) is 2.29. The Labute approximate surface area is 111 Å². The Morgan fingerprint density at radius 1 is 1.42 bits per heavy atom. The van der Waals surface area contributed by atoms with Gasteiger partial charge in [0.05, 0.1) is 12.8 Å². The topological polar surface area (TPSA) is 88.3 Å². The lowest BCUT2D eigenvalue weighted by Crippen LogP contribution is -2.42. The number of aromatic amines is 1. The zero-order valence-electron chi connectivity index (χ0n) is 11.2. The molecule has 1 amide bonds. The fourth-order valence-electron chi connectivity index (χ4n) is 1.68. The summed E-state index contributed by atoms with van der Waals surface area (Å²) in [6.45, 7) is 3.89. The Balaban J connectivity index is 2.75. The van der Waals surface area contributed by atoms with Gasteiger partial charge in [0, 0.05) is 0 Å². The SMILES string of the molecule is COC(=O)[C@H](CC(C)C)NC(=O)c1ccc(C=O)[nH]1. The third-order valence-electron chi connectivity index (χ3n) is 2.58. The molecule has 104 valence electrons. The molecule has 2 N–H and O–H groups in total. The Morgan fingerprint density at radius 3 is 2.58 bits per heavy atom. The molecule has 0 bridgehead atoms. The zero-order valence-corrected chi connectivity index (χ0v) is 11.2. The van der Waals surface area contributed by atoms with E-state index in [4.69, 9.17) is 0 Å². The van der Waals surface area contributed by atoms with E-state index in [9.17, 15) is 14.4 Å². The highest BCUT2D eigenvalue weighted by atomic mass is 16.5. The second-order valence-corrected chi connectivity index (χ2v) is 4.62. The van der Waals surface area contributed by atoms with Crippen molar-refractivity contribution >= 4 is 18.2 Å². The van der Waals surface area contributed by atoms with Gasteiger partial charge in [-0.1, -0.05) is 13.8 Å². The first-order valence-electron chi connectivity index (χ1n) is 6.00. The molecule has 1 rings (SSSR count). The minimum atomic E-state index is -0.694. The van der Waals surface area contributed by atoms with Gasteiger partial charge in [0.25, 0.3) is 5.91 Å². The fraction of sp³-hybridized carbons (Fsp3) is 0.462. The van der Waals surface area contributed by atoms with Crippen molar-refractivity contribution in [2.45, 2.75) is 26.3 Å². The summed E-state index contributed by atoms with van der Waals surface area (Å²) in [5.41, 5.74) is 0.545.